The number of amides is 1. The van der Waals surface area contributed by atoms with Gasteiger partial charge in [-0.15, -0.1) is 0 Å². The molecule has 1 aromatic heterocycles. The summed E-state index contributed by atoms with van der Waals surface area (Å²) >= 11 is 0. The number of rotatable bonds is 4. The van der Waals surface area contributed by atoms with Crippen LogP contribution in [0.15, 0.2) is 29.5 Å². The van der Waals surface area contributed by atoms with Crippen molar-refractivity contribution in [2.24, 2.45) is 10.8 Å². The van der Waals surface area contributed by atoms with Crippen LogP contribution in [0.3, 0.4) is 0 Å². The maximum Gasteiger partial charge on any atom is 0.451 e. The normalized spacial score (nSPS) is 20.4. The van der Waals surface area contributed by atoms with Gasteiger partial charge in [0.15, 0.2) is 0 Å². The van der Waals surface area contributed by atoms with Crippen LogP contribution < -0.4 is 11.2 Å². The Morgan fingerprint density at radius 1 is 1.34 bits per heavy atom. The number of fused-ring (bicyclic) bond motifs is 2. The molecule has 156 valence electrons. The summed E-state index contributed by atoms with van der Waals surface area (Å²) in [5, 5.41) is 4.08. The fraction of sp³-hybridized carbons (Fsp3) is 0.444. The van der Waals surface area contributed by atoms with Crippen LogP contribution in [-0.4, -0.2) is 64.5 Å². The minimum Gasteiger partial charge on any atom is -0.361 e. The molecular formula is C18H20F4N6O. The summed E-state index contributed by atoms with van der Waals surface area (Å²) in [5.41, 5.74) is 10.2. The van der Waals surface area contributed by atoms with Gasteiger partial charge in [-0.3, -0.25) is 10.2 Å². The van der Waals surface area contributed by atoms with Gasteiger partial charge >= 0.3 is 6.18 Å². The number of hydrazone groups is 1. The number of aromatic nitrogens is 1. The van der Waals surface area contributed by atoms with Crippen molar-refractivity contribution < 1.29 is 22.4 Å². The summed E-state index contributed by atoms with van der Waals surface area (Å²) in [6.07, 6.45) is -3.07. The molecule has 7 nitrogen and oxygen atoms in total. The highest BCUT2D eigenvalue weighted by molar-refractivity contribution is 5.89. The SMILES string of the molecule is NC(CC(=O)N1CCN2C(C(F)(F)F)=NNC2C1)Cc1c[nH]c2ccc(F)cc12. The fourth-order valence-electron chi connectivity index (χ4n) is 3.83. The van der Waals surface area contributed by atoms with E-state index in [-0.39, 0.29) is 37.8 Å². The van der Waals surface area contributed by atoms with Crippen molar-refractivity contribution in [3.8, 4) is 0 Å². The maximum absolute atomic E-state index is 13.5. The van der Waals surface area contributed by atoms with Crippen LogP contribution in [0.25, 0.3) is 10.9 Å². The van der Waals surface area contributed by atoms with Crippen LogP contribution in [-0.2, 0) is 11.2 Å². The van der Waals surface area contributed by atoms with Crippen molar-refractivity contribution in [2.45, 2.75) is 31.2 Å². The predicted octanol–water partition coefficient (Wildman–Crippen LogP) is 1.52. The molecule has 1 fully saturated rings. The largest absolute Gasteiger partial charge is 0.451 e. The van der Waals surface area contributed by atoms with Gasteiger partial charge in [-0.1, -0.05) is 0 Å². The van der Waals surface area contributed by atoms with E-state index in [2.05, 4.69) is 15.5 Å². The van der Waals surface area contributed by atoms with Gasteiger partial charge in [0.1, 0.15) is 12.0 Å². The predicted molar refractivity (Wildman–Crippen MR) is 98.3 cm³/mol. The zero-order valence-corrected chi connectivity index (χ0v) is 15.3. The standard InChI is InChI=1S/C18H20F4N6O/c19-11-1-2-14-13(6-11)10(8-24-14)5-12(23)7-16(29)27-3-4-28-15(9-27)25-26-17(28)18(20,21)22/h1-2,6,8,12,15,24-25H,3-5,7,9,23H2. The van der Waals surface area contributed by atoms with Crippen LogP contribution >= 0.6 is 0 Å². The number of nitrogens with one attached hydrogen (secondary N) is 2. The fourth-order valence-corrected chi connectivity index (χ4v) is 3.83. The molecule has 29 heavy (non-hydrogen) atoms. The van der Waals surface area contributed by atoms with Gasteiger partial charge in [-0.05, 0) is 30.2 Å². The lowest BCUT2D eigenvalue weighted by Crippen LogP contribution is -2.59. The molecule has 1 aromatic carbocycles. The summed E-state index contributed by atoms with van der Waals surface area (Å²) in [5.74, 6) is -1.55. The second-order valence-electron chi connectivity index (χ2n) is 7.28. The summed E-state index contributed by atoms with van der Waals surface area (Å²) in [7, 11) is 0. The molecule has 0 saturated carbocycles. The Morgan fingerprint density at radius 2 is 2.14 bits per heavy atom. The van der Waals surface area contributed by atoms with Crippen molar-refractivity contribution in [3.05, 3.63) is 35.8 Å². The number of piperazine rings is 1. The second-order valence-corrected chi connectivity index (χ2v) is 7.28. The molecular weight excluding hydrogens is 392 g/mol. The first kappa shape index (κ1) is 19.5. The molecule has 4 N–H and O–H groups in total. The third-order valence-corrected chi connectivity index (χ3v) is 5.23. The van der Waals surface area contributed by atoms with Crippen molar-refractivity contribution in [1.82, 2.24) is 20.2 Å². The topological polar surface area (TPSA) is 89.8 Å². The van der Waals surface area contributed by atoms with E-state index in [1.807, 2.05) is 0 Å². The monoisotopic (exact) mass is 412 g/mol. The van der Waals surface area contributed by atoms with Crippen molar-refractivity contribution >= 4 is 22.6 Å². The highest BCUT2D eigenvalue weighted by Gasteiger charge is 2.47. The van der Waals surface area contributed by atoms with E-state index in [9.17, 15) is 22.4 Å². The van der Waals surface area contributed by atoms with E-state index in [1.165, 1.54) is 17.0 Å². The number of nitrogens with two attached hydrogens (primary N) is 1. The molecule has 0 radical (unpaired) electrons. The molecule has 4 rings (SSSR count). The highest BCUT2D eigenvalue weighted by Crippen LogP contribution is 2.26. The molecule has 2 aromatic rings. The highest BCUT2D eigenvalue weighted by atomic mass is 19.4. The zero-order chi connectivity index (χ0) is 20.8. The number of carbonyl (C=O) groups is 1. The van der Waals surface area contributed by atoms with Crippen molar-refractivity contribution in [3.63, 3.8) is 0 Å². The molecule has 0 spiro atoms. The zero-order valence-electron chi connectivity index (χ0n) is 15.3. The molecule has 2 aliphatic heterocycles. The summed E-state index contributed by atoms with van der Waals surface area (Å²) < 4.78 is 52.3. The van der Waals surface area contributed by atoms with E-state index in [4.69, 9.17) is 5.73 Å². The van der Waals surface area contributed by atoms with Crippen molar-refractivity contribution in [2.75, 3.05) is 19.6 Å². The van der Waals surface area contributed by atoms with Gasteiger partial charge in [-0.2, -0.15) is 18.3 Å². The lowest BCUT2D eigenvalue weighted by molar-refractivity contribution is -0.134. The molecule has 2 aliphatic rings. The van der Waals surface area contributed by atoms with E-state index in [1.54, 1.807) is 12.3 Å². The van der Waals surface area contributed by atoms with Crippen molar-refractivity contribution in [1.29, 1.82) is 0 Å². The van der Waals surface area contributed by atoms with E-state index in [0.29, 0.717) is 11.8 Å². The second kappa shape index (κ2) is 7.21. The number of hydrogen-bond donors (Lipinski definition) is 3. The number of aromatic amines is 1. The first-order valence-electron chi connectivity index (χ1n) is 9.18. The summed E-state index contributed by atoms with van der Waals surface area (Å²) in [6, 6.07) is 3.91. The van der Waals surface area contributed by atoms with Gasteiger partial charge < -0.3 is 20.5 Å². The molecule has 3 heterocycles. The number of halogens is 4. The lowest BCUT2D eigenvalue weighted by Gasteiger charge is -2.38. The Bertz CT molecular complexity index is 955. The van der Waals surface area contributed by atoms with Gasteiger partial charge in [0, 0.05) is 42.7 Å². The third-order valence-electron chi connectivity index (χ3n) is 5.23. The molecule has 2 unspecified atom stereocenters. The number of amidine groups is 1. The molecule has 0 aliphatic carbocycles. The first-order valence-corrected chi connectivity index (χ1v) is 9.18. The number of benzene rings is 1. The number of carbonyl (C=O) groups excluding carboxylic acids is 1. The Hall–Kier alpha value is -2.82. The number of hydrogen-bond acceptors (Lipinski definition) is 5. The van der Waals surface area contributed by atoms with Crippen LogP contribution in [0.2, 0.25) is 0 Å². The van der Waals surface area contributed by atoms with E-state index < -0.39 is 24.2 Å². The van der Waals surface area contributed by atoms with Gasteiger partial charge in [0.2, 0.25) is 11.7 Å². The number of alkyl halides is 3. The van der Waals surface area contributed by atoms with Crippen LogP contribution in [0, 0.1) is 5.82 Å². The Morgan fingerprint density at radius 3 is 2.90 bits per heavy atom. The van der Waals surface area contributed by atoms with Gasteiger partial charge in [-0.25, -0.2) is 4.39 Å². The van der Waals surface area contributed by atoms with Gasteiger partial charge in [0.05, 0.1) is 6.54 Å². The first-order chi connectivity index (χ1) is 13.7. The lowest BCUT2D eigenvalue weighted by atomic mass is 10.0. The molecule has 2 atom stereocenters. The number of H-pyrrole nitrogens is 1. The van der Waals surface area contributed by atoms with Crippen LogP contribution in [0.5, 0.6) is 0 Å². The molecule has 1 saturated heterocycles. The molecule has 11 heteroatoms. The minimum absolute atomic E-state index is 0.0404. The quantitative estimate of drug-likeness (QED) is 0.665. The summed E-state index contributed by atoms with van der Waals surface area (Å²) in [6.45, 7) is 0.294. The third kappa shape index (κ3) is 3.86. The van der Waals surface area contributed by atoms with E-state index in [0.717, 1.165) is 16.0 Å². The minimum atomic E-state index is -4.53. The maximum atomic E-state index is 13.5. The smallest absolute Gasteiger partial charge is 0.361 e. The Balaban J connectivity index is 1.35. The molecule has 1 amide bonds. The Kier molecular flexibility index (Phi) is 4.85. The van der Waals surface area contributed by atoms with Crippen LogP contribution in [0.4, 0.5) is 17.6 Å². The van der Waals surface area contributed by atoms with E-state index >= 15 is 0 Å². The van der Waals surface area contributed by atoms with Gasteiger partial charge in [0.25, 0.3) is 0 Å². The Labute approximate surface area is 163 Å². The average molecular weight is 412 g/mol. The number of nitrogens with zero attached hydrogens (tertiary/aromatic N) is 3. The summed E-state index contributed by atoms with van der Waals surface area (Å²) in [4.78, 5) is 18.3. The van der Waals surface area contributed by atoms with Crippen LogP contribution in [0.1, 0.15) is 12.0 Å². The average Bonchev–Trinajstić information content (AvgIpc) is 3.25. The molecule has 0 bridgehead atoms.